The lowest BCUT2D eigenvalue weighted by Gasteiger charge is -2.18. The van der Waals surface area contributed by atoms with Crippen molar-refractivity contribution >= 4 is 11.6 Å². The number of aromatic hydroxyl groups is 1. The largest absolute Gasteiger partial charge is 0.508 e. The van der Waals surface area contributed by atoms with Gasteiger partial charge in [0.1, 0.15) is 11.5 Å². The lowest BCUT2D eigenvalue weighted by atomic mass is 9.94. The summed E-state index contributed by atoms with van der Waals surface area (Å²) in [6.45, 7) is 0. The molecule has 108 valence electrons. The summed E-state index contributed by atoms with van der Waals surface area (Å²) in [5, 5.41) is 12.2. The van der Waals surface area contributed by atoms with Crippen LogP contribution >= 0.6 is 0 Å². The fraction of sp³-hybridized carbons (Fsp3) is 0.235. The van der Waals surface area contributed by atoms with E-state index in [2.05, 4.69) is 5.32 Å². The number of rotatable bonds is 4. The zero-order valence-corrected chi connectivity index (χ0v) is 11.8. The number of benzene rings is 2. The topological polar surface area (TPSA) is 58.6 Å². The molecule has 0 saturated heterocycles. The highest BCUT2D eigenvalue weighted by atomic mass is 16.5. The molecule has 0 aliphatic heterocycles. The molecule has 4 heteroatoms. The van der Waals surface area contributed by atoms with Crippen molar-refractivity contribution in [3.63, 3.8) is 0 Å². The summed E-state index contributed by atoms with van der Waals surface area (Å²) in [5.41, 5.74) is 1.12. The van der Waals surface area contributed by atoms with Gasteiger partial charge in [0, 0.05) is 11.3 Å². The summed E-state index contributed by atoms with van der Waals surface area (Å²) < 4.78 is 5.37. The molecule has 0 radical (unpaired) electrons. The molecule has 0 unspecified atom stereocenters. The van der Waals surface area contributed by atoms with Crippen molar-refractivity contribution in [2.45, 2.75) is 18.3 Å². The number of anilines is 1. The highest BCUT2D eigenvalue weighted by molar-refractivity contribution is 6.01. The fourth-order valence-corrected chi connectivity index (χ4v) is 2.58. The van der Waals surface area contributed by atoms with Gasteiger partial charge >= 0.3 is 0 Å². The van der Waals surface area contributed by atoms with Crippen LogP contribution in [-0.2, 0) is 10.2 Å². The SMILES string of the molecule is COc1ccccc1C1(C(=O)Nc2ccc(O)cc2)CC1. The molecular weight excluding hydrogens is 266 g/mol. The third-order valence-corrected chi connectivity index (χ3v) is 3.93. The Kier molecular flexibility index (Phi) is 3.29. The second-order valence-corrected chi connectivity index (χ2v) is 5.28. The summed E-state index contributed by atoms with van der Waals surface area (Å²) in [6.07, 6.45) is 1.63. The van der Waals surface area contributed by atoms with Crippen LogP contribution in [0.4, 0.5) is 5.69 Å². The summed E-state index contributed by atoms with van der Waals surface area (Å²) in [7, 11) is 1.62. The molecule has 1 aliphatic rings. The van der Waals surface area contributed by atoms with Gasteiger partial charge in [0.2, 0.25) is 5.91 Å². The standard InChI is InChI=1S/C17H17NO3/c1-21-15-5-3-2-4-14(15)17(10-11-17)16(20)18-12-6-8-13(19)9-7-12/h2-9,19H,10-11H2,1H3,(H,18,20). The molecule has 0 atom stereocenters. The lowest BCUT2D eigenvalue weighted by Crippen LogP contribution is -2.28. The van der Waals surface area contributed by atoms with Gasteiger partial charge in [0.25, 0.3) is 0 Å². The molecule has 1 amide bonds. The smallest absolute Gasteiger partial charge is 0.235 e. The van der Waals surface area contributed by atoms with Gasteiger partial charge in [0.15, 0.2) is 0 Å². The molecule has 0 bridgehead atoms. The Morgan fingerprint density at radius 3 is 2.43 bits per heavy atom. The van der Waals surface area contributed by atoms with E-state index in [-0.39, 0.29) is 11.7 Å². The fourth-order valence-electron chi connectivity index (χ4n) is 2.58. The summed E-state index contributed by atoms with van der Waals surface area (Å²) in [5.74, 6) is 0.896. The van der Waals surface area contributed by atoms with Gasteiger partial charge in [-0.1, -0.05) is 18.2 Å². The monoisotopic (exact) mass is 283 g/mol. The van der Waals surface area contributed by atoms with Crippen LogP contribution in [-0.4, -0.2) is 18.1 Å². The van der Waals surface area contributed by atoms with Gasteiger partial charge in [-0.25, -0.2) is 0 Å². The average molecular weight is 283 g/mol. The van der Waals surface area contributed by atoms with Crippen molar-refractivity contribution in [3.8, 4) is 11.5 Å². The molecule has 21 heavy (non-hydrogen) atoms. The minimum atomic E-state index is -0.496. The van der Waals surface area contributed by atoms with Crippen molar-refractivity contribution < 1.29 is 14.6 Å². The van der Waals surface area contributed by atoms with E-state index in [1.807, 2.05) is 24.3 Å². The van der Waals surface area contributed by atoms with Crippen LogP contribution < -0.4 is 10.1 Å². The van der Waals surface area contributed by atoms with Gasteiger partial charge in [-0.05, 0) is 43.2 Å². The maximum absolute atomic E-state index is 12.6. The third kappa shape index (κ3) is 2.44. The molecule has 2 aromatic carbocycles. The molecule has 4 nitrogen and oxygen atoms in total. The summed E-state index contributed by atoms with van der Waals surface area (Å²) >= 11 is 0. The van der Waals surface area contributed by atoms with Crippen molar-refractivity contribution in [2.75, 3.05) is 12.4 Å². The zero-order chi connectivity index (χ0) is 14.9. The van der Waals surface area contributed by atoms with Crippen LogP contribution in [0.15, 0.2) is 48.5 Å². The number of amides is 1. The van der Waals surface area contributed by atoms with Crippen LogP contribution in [0.1, 0.15) is 18.4 Å². The Balaban J connectivity index is 1.85. The van der Waals surface area contributed by atoms with Crippen molar-refractivity contribution in [3.05, 3.63) is 54.1 Å². The first kappa shape index (κ1) is 13.5. The maximum Gasteiger partial charge on any atom is 0.235 e. The molecule has 3 rings (SSSR count). The lowest BCUT2D eigenvalue weighted by molar-refractivity contribution is -0.118. The predicted octanol–water partition coefficient (Wildman–Crippen LogP) is 3.07. The van der Waals surface area contributed by atoms with Crippen LogP contribution in [0.25, 0.3) is 0 Å². The first-order chi connectivity index (χ1) is 10.2. The minimum Gasteiger partial charge on any atom is -0.508 e. The van der Waals surface area contributed by atoms with E-state index in [0.717, 1.165) is 24.2 Å². The molecule has 1 fully saturated rings. The minimum absolute atomic E-state index is 0.0299. The van der Waals surface area contributed by atoms with Crippen LogP contribution in [0.2, 0.25) is 0 Å². The second kappa shape index (κ2) is 5.13. The number of ether oxygens (including phenoxy) is 1. The third-order valence-electron chi connectivity index (χ3n) is 3.93. The van der Waals surface area contributed by atoms with E-state index in [9.17, 15) is 9.90 Å². The van der Waals surface area contributed by atoms with E-state index in [1.54, 1.807) is 31.4 Å². The first-order valence-electron chi connectivity index (χ1n) is 6.90. The Bertz CT molecular complexity index is 660. The number of phenols is 1. The number of methoxy groups -OCH3 is 1. The normalized spacial score (nSPS) is 15.3. The van der Waals surface area contributed by atoms with E-state index in [0.29, 0.717) is 5.69 Å². The summed E-state index contributed by atoms with van der Waals surface area (Å²) in [4.78, 5) is 12.6. The van der Waals surface area contributed by atoms with Gasteiger partial charge in [-0.15, -0.1) is 0 Å². The molecule has 2 aromatic rings. The number of nitrogens with one attached hydrogen (secondary N) is 1. The number of hydrogen-bond donors (Lipinski definition) is 2. The number of carbonyl (C=O) groups is 1. The second-order valence-electron chi connectivity index (χ2n) is 5.28. The molecule has 0 heterocycles. The molecular formula is C17H17NO3. The Labute approximate surface area is 123 Å². The van der Waals surface area contributed by atoms with E-state index in [4.69, 9.17) is 4.74 Å². The molecule has 0 spiro atoms. The first-order valence-corrected chi connectivity index (χ1v) is 6.90. The van der Waals surface area contributed by atoms with E-state index < -0.39 is 5.41 Å². The highest BCUT2D eigenvalue weighted by Gasteiger charge is 2.52. The average Bonchev–Trinajstić information content (AvgIpc) is 3.31. The van der Waals surface area contributed by atoms with E-state index >= 15 is 0 Å². The van der Waals surface area contributed by atoms with E-state index in [1.165, 1.54) is 0 Å². The number of para-hydroxylation sites is 1. The quantitative estimate of drug-likeness (QED) is 0.848. The van der Waals surface area contributed by atoms with Gasteiger partial charge < -0.3 is 15.2 Å². The molecule has 0 aromatic heterocycles. The Morgan fingerprint density at radius 1 is 1.14 bits per heavy atom. The molecule has 2 N–H and O–H groups in total. The van der Waals surface area contributed by atoms with Gasteiger partial charge in [0.05, 0.1) is 12.5 Å². The maximum atomic E-state index is 12.6. The number of hydrogen-bond acceptors (Lipinski definition) is 3. The van der Waals surface area contributed by atoms with Crippen LogP contribution in [0, 0.1) is 0 Å². The highest BCUT2D eigenvalue weighted by Crippen LogP contribution is 2.51. The zero-order valence-electron chi connectivity index (χ0n) is 11.8. The van der Waals surface area contributed by atoms with Crippen molar-refractivity contribution in [1.82, 2.24) is 0 Å². The van der Waals surface area contributed by atoms with Crippen LogP contribution in [0.5, 0.6) is 11.5 Å². The number of phenolic OH excluding ortho intramolecular Hbond substituents is 1. The number of carbonyl (C=O) groups excluding carboxylic acids is 1. The Hall–Kier alpha value is -2.49. The van der Waals surface area contributed by atoms with Crippen molar-refractivity contribution in [2.24, 2.45) is 0 Å². The van der Waals surface area contributed by atoms with Crippen molar-refractivity contribution in [1.29, 1.82) is 0 Å². The molecule has 1 saturated carbocycles. The van der Waals surface area contributed by atoms with Gasteiger partial charge in [-0.3, -0.25) is 4.79 Å². The van der Waals surface area contributed by atoms with Crippen LogP contribution in [0.3, 0.4) is 0 Å². The Morgan fingerprint density at radius 2 is 1.81 bits per heavy atom. The summed E-state index contributed by atoms with van der Waals surface area (Å²) in [6, 6.07) is 14.1. The molecule has 1 aliphatic carbocycles. The van der Waals surface area contributed by atoms with Gasteiger partial charge in [-0.2, -0.15) is 0 Å². The predicted molar refractivity (Wildman–Crippen MR) is 80.6 cm³/mol.